The molecule has 0 aromatic heterocycles. The van der Waals surface area contributed by atoms with Gasteiger partial charge < -0.3 is 4.84 Å². The minimum atomic E-state index is -0.821. The molecule has 0 heterocycles. The van der Waals surface area contributed by atoms with Crippen LogP contribution in [0, 0.1) is 5.92 Å². The highest BCUT2D eigenvalue weighted by molar-refractivity contribution is 7.84. The molecular formula is C6H15NO2S. The zero-order valence-corrected chi connectivity index (χ0v) is 7.48. The molecule has 0 amide bonds. The van der Waals surface area contributed by atoms with Gasteiger partial charge in [0.05, 0.1) is 11.9 Å². The van der Waals surface area contributed by atoms with Crippen LogP contribution in [0.1, 0.15) is 13.8 Å². The van der Waals surface area contributed by atoms with E-state index >= 15 is 0 Å². The Morgan fingerprint density at radius 2 is 2.10 bits per heavy atom. The summed E-state index contributed by atoms with van der Waals surface area (Å²) in [5.41, 5.74) is 0. The lowest BCUT2D eigenvalue weighted by Crippen LogP contribution is -2.28. The van der Waals surface area contributed by atoms with Crippen molar-refractivity contribution < 1.29 is 9.05 Å². The highest BCUT2D eigenvalue weighted by atomic mass is 32.2. The zero-order valence-electron chi connectivity index (χ0n) is 6.66. The normalized spacial score (nSPS) is 17.3. The fraction of sp³-hybridized carbons (Fsp3) is 1.00. The van der Waals surface area contributed by atoms with Crippen molar-refractivity contribution in [3.8, 4) is 0 Å². The number of hydrogen-bond acceptors (Lipinski definition) is 3. The van der Waals surface area contributed by atoms with Gasteiger partial charge in [0.2, 0.25) is 0 Å². The molecule has 0 rings (SSSR count). The molecule has 10 heavy (non-hydrogen) atoms. The Kier molecular flexibility index (Phi) is 4.85. The fourth-order valence-electron chi connectivity index (χ4n) is 0.620. The summed E-state index contributed by atoms with van der Waals surface area (Å²) in [6.07, 6.45) is 1.57. The average Bonchev–Trinajstić information content (AvgIpc) is 1.81. The fourth-order valence-corrected chi connectivity index (χ4v) is 1.55. The highest BCUT2D eigenvalue weighted by Crippen LogP contribution is 2.04. The van der Waals surface area contributed by atoms with Crippen LogP contribution < -0.4 is 5.90 Å². The van der Waals surface area contributed by atoms with Crippen LogP contribution in [0.3, 0.4) is 0 Å². The van der Waals surface area contributed by atoms with E-state index in [0.717, 1.165) is 0 Å². The van der Waals surface area contributed by atoms with E-state index in [4.69, 9.17) is 5.90 Å². The molecule has 62 valence electrons. The maximum Gasteiger partial charge on any atom is 0.0924 e. The van der Waals surface area contributed by atoms with E-state index in [1.54, 1.807) is 6.26 Å². The first-order chi connectivity index (χ1) is 4.57. The van der Waals surface area contributed by atoms with Gasteiger partial charge in [-0.3, -0.25) is 4.21 Å². The zero-order chi connectivity index (χ0) is 8.15. The summed E-state index contributed by atoms with van der Waals surface area (Å²) in [4.78, 5) is 4.63. The molecular weight excluding hydrogens is 150 g/mol. The van der Waals surface area contributed by atoms with Crippen LogP contribution in [0.15, 0.2) is 0 Å². The highest BCUT2D eigenvalue weighted by Gasteiger charge is 2.13. The van der Waals surface area contributed by atoms with Crippen LogP contribution in [-0.2, 0) is 15.6 Å². The molecule has 2 N–H and O–H groups in total. The summed E-state index contributed by atoms with van der Waals surface area (Å²) in [6, 6.07) is 0. The Bertz CT molecular complexity index is 116. The molecule has 0 saturated carbocycles. The smallest absolute Gasteiger partial charge is 0.0924 e. The lowest BCUT2D eigenvalue weighted by molar-refractivity contribution is 0.0380. The Labute approximate surface area is 64.3 Å². The molecule has 0 aromatic rings. The van der Waals surface area contributed by atoms with Gasteiger partial charge in [-0.1, -0.05) is 13.8 Å². The summed E-state index contributed by atoms with van der Waals surface area (Å²) in [7, 11) is -0.821. The van der Waals surface area contributed by atoms with Crippen molar-refractivity contribution in [1.29, 1.82) is 0 Å². The van der Waals surface area contributed by atoms with Crippen LogP contribution in [0.5, 0.6) is 0 Å². The Balaban J connectivity index is 3.71. The standard InChI is InChI=1S/C6H15NO2S/c1-5(2)6(9-7)4-10(3)8/h5-6H,4,7H2,1-3H3. The molecule has 3 nitrogen and oxygen atoms in total. The van der Waals surface area contributed by atoms with Gasteiger partial charge in [-0.05, 0) is 5.92 Å². The predicted octanol–water partition coefficient (Wildman–Crippen LogP) is 0.280. The minimum absolute atomic E-state index is 0.0779. The molecule has 0 saturated heterocycles. The maximum absolute atomic E-state index is 10.7. The second-order valence-electron chi connectivity index (χ2n) is 2.66. The summed E-state index contributed by atoms with van der Waals surface area (Å²) in [5.74, 6) is 5.84. The molecule has 0 bridgehead atoms. The van der Waals surface area contributed by atoms with Gasteiger partial charge in [0, 0.05) is 17.1 Å². The van der Waals surface area contributed by atoms with Crippen LogP contribution >= 0.6 is 0 Å². The van der Waals surface area contributed by atoms with Crippen LogP contribution in [-0.4, -0.2) is 22.3 Å². The molecule has 0 aliphatic rings. The van der Waals surface area contributed by atoms with Gasteiger partial charge in [0.15, 0.2) is 0 Å². The molecule has 0 spiro atoms. The number of hydrogen-bond donors (Lipinski definition) is 1. The molecule has 0 aliphatic carbocycles. The minimum Gasteiger partial charge on any atom is -0.300 e. The van der Waals surface area contributed by atoms with E-state index in [1.165, 1.54) is 0 Å². The largest absolute Gasteiger partial charge is 0.300 e. The van der Waals surface area contributed by atoms with E-state index < -0.39 is 10.8 Å². The molecule has 0 aromatic carbocycles. The second kappa shape index (κ2) is 4.82. The first-order valence-corrected chi connectivity index (χ1v) is 4.96. The topological polar surface area (TPSA) is 52.3 Å². The van der Waals surface area contributed by atoms with Crippen molar-refractivity contribution in [2.24, 2.45) is 11.8 Å². The van der Waals surface area contributed by atoms with Crippen molar-refractivity contribution >= 4 is 10.8 Å². The van der Waals surface area contributed by atoms with E-state index in [2.05, 4.69) is 4.84 Å². The third-order valence-electron chi connectivity index (χ3n) is 1.32. The first kappa shape index (κ1) is 10.1. The quantitative estimate of drug-likeness (QED) is 0.609. The van der Waals surface area contributed by atoms with Crippen molar-refractivity contribution in [3.05, 3.63) is 0 Å². The lowest BCUT2D eigenvalue weighted by Gasteiger charge is -2.16. The van der Waals surface area contributed by atoms with Crippen LogP contribution in [0.25, 0.3) is 0 Å². The lowest BCUT2D eigenvalue weighted by atomic mass is 10.1. The Morgan fingerprint density at radius 1 is 1.60 bits per heavy atom. The molecule has 4 heteroatoms. The van der Waals surface area contributed by atoms with Crippen molar-refractivity contribution in [3.63, 3.8) is 0 Å². The van der Waals surface area contributed by atoms with E-state index in [-0.39, 0.29) is 6.10 Å². The Morgan fingerprint density at radius 3 is 2.20 bits per heavy atom. The Hall–Kier alpha value is 0.0700. The second-order valence-corrected chi connectivity index (χ2v) is 4.14. The van der Waals surface area contributed by atoms with Gasteiger partial charge in [-0.25, -0.2) is 5.90 Å². The first-order valence-electron chi connectivity index (χ1n) is 3.23. The summed E-state index contributed by atoms with van der Waals surface area (Å²) in [5, 5.41) is 0. The van der Waals surface area contributed by atoms with Gasteiger partial charge in [-0.2, -0.15) is 0 Å². The van der Waals surface area contributed by atoms with Crippen LogP contribution in [0.2, 0.25) is 0 Å². The molecule has 2 atom stereocenters. The van der Waals surface area contributed by atoms with Crippen molar-refractivity contribution in [2.45, 2.75) is 20.0 Å². The van der Waals surface area contributed by atoms with Gasteiger partial charge in [0.25, 0.3) is 0 Å². The predicted molar refractivity (Wildman–Crippen MR) is 42.8 cm³/mol. The van der Waals surface area contributed by atoms with Crippen molar-refractivity contribution in [1.82, 2.24) is 0 Å². The van der Waals surface area contributed by atoms with E-state index in [0.29, 0.717) is 11.7 Å². The molecule has 0 aliphatic heterocycles. The van der Waals surface area contributed by atoms with Gasteiger partial charge in [0.1, 0.15) is 0 Å². The molecule has 0 fully saturated rings. The number of nitrogens with two attached hydrogens (primary N) is 1. The third kappa shape index (κ3) is 3.98. The molecule has 0 radical (unpaired) electrons. The van der Waals surface area contributed by atoms with Crippen LogP contribution in [0.4, 0.5) is 0 Å². The average molecular weight is 165 g/mol. The SMILES string of the molecule is CC(C)C(CS(C)=O)ON. The van der Waals surface area contributed by atoms with E-state index in [9.17, 15) is 4.21 Å². The monoisotopic (exact) mass is 165 g/mol. The summed E-state index contributed by atoms with van der Waals surface area (Å²) >= 11 is 0. The van der Waals surface area contributed by atoms with E-state index in [1.807, 2.05) is 13.8 Å². The molecule has 2 unspecified atom stereocenters. The van der Waals surface area contributed by atoms with Gasteiger partial charge in [-0.15, -0.1) is 0 Å². The van der Waals surface area contributed by atoms with Crippen molar-refractivity contribution in [2.75, 3.05) is 12.0 Å². The third-order valence-corrected chi connectivity index (χ3v) is 2.12. The maximum atomic E-state index is 10.7. The summed E-state index contributed by atoms with van der Waals surface area (Å²) < 4.78 is 10.7. The summed E-state index contributed by atoms with van der Waals surface area (Å²) in [6.45, 7) is 3.98. The number of rotatable bonds is 4. The van der Waals surface area contributed by atoms with Gasteiger partial charge >= 0.3 is 0 Å².